The van der Waals surface area contributed by atoms with E-state index in [9.17, 15) is 4.79 Å². The fourth-order valence-electron chi connectivity index (χ4n) is 1.81. The fourth-order valence-corrected chi connectivity index (χ4v) is 1.81. The van der Waals surface area contributed by atoms with Crippen LogP contribution in [0.3, 0.4) is 0 Å². The molecule has 1 aromatic heterocycles. The van der Waals surface area contributed by atoms with Gasteiger partial charge in [0.05, 0.1) is 5.41 Å². The molecule has 0 amide bonds. The molecule has 4 nitrogen and oxygen atoms in total. The lowest BCUT2D eigenvalue weighted by atomic mass is 9.86. The minimum Gasteiger partial charge on any atom is -0.481 e. The van der Waals surface area contributed by atoms with Gasteiger partial charge in [0, 0.05) is 6.92 Å². The third kappa shape index (κ3) is 2.16. The number of fused-ring (bicyclic) bond motifs is 1. The molecule has 0 atom stereocenters. The molecule has 1 heterocycles. The molecule has 0 aliphatic heterocycles. The molecule has 0 aliphatic rings. The van der Waals surface area contributed by atoms with E-state index < -0.39 is 11.4 Å². The number of nitrogens with zero attached hydrogens (tertiary/aromatic N) is 1. The Balaban J connectivity index is 2.46. The molecule has 1 aromatic carbocycles. The highest BCUT2D eigenvalue weighted by Gasteiger charge is 2.28. The van der Waals surface area contributed by atoms with Crippen molar-refractivity contribution >= 4 is 17.1 Å². The second-order valence-corrected chi connectivity index (χ2v) is 4.86. The van der Waals surface area contributed by atoms with Crippen molar-refractivity contribution in [1.29, 1.82) is 0 Å². The van der Waals surface area contributed by atoms with Gasteiger partial charge in [0.1, 0.15) is 5.52 Å². The third-order valence-electron chi connectivity index (χ3n) is 2.81. The first kappa shape index (κ1) is 11.6. The number of carboxylic acid groups (broad SMARTS) is 1. The van der Waals surface area contributed by atoms with Crippen LogP contribution in [0.1, 0.15) is 25.3 Å². The summed E-state index contributed by atoms with van der Waals surface area (Å²) in [6, 6.07) is 5.62. The summed E-state index contributed by atoms with van der Waals surface area (Å²) < 4.78 is 5.52. The van der Waals surface area contributed by atoms with Gasteiger partial charge in [0.25, 0.3) is 0 Å². The Bertz CT molecular complexity index is 569. The Morgan fingerprint density at radius 1 is 1.47 bits per heavy atom. The molecule has 0 aliphatic carbocycles. The van der Waals surface area contributed by atoms with Crippen molar-refractivity contribution in [2.45, 2.75) is 27.2 Å². The molecule has 0 spiro atoms. The molecule has 90 valence electrons. The highest BCUT2D eigenvalue weighted by Crippen LogP contribution is 2.27. The average molecular weight is 233 g/mol. The second-order valence-electron chi connectivity index (χ2n) is 4.86. The van der Waals surface area contributed by atoms with Gasteiger partial charge >= 0.3 is 5.97 Å². The minimum atomic E-state index is -0.814. The zero-order valence-corrected chi connectivity index (χ0v) is 10.2. The zero-order chi connectivity index (χ0) is 12.6. The number of carboxylic acids is 1. The van der Waals surface area contributed by atoms with Crippen molar-refractivity contribution in [3.63, 3.8) is 0 Å². The van der Waals surface area contributed by atoms with Crippen molar-refractivity contribution in [2.24, 2.45) is 5.41 Å². The van der Waals surface area contributed by atoms with Gasteiger partial charge in [0.15, 0.2) is 11.5 Å². The third-order valence-corrected chi connectivity index (χ3v) is 2.81. The summed E-state index contributed by atoms with van der Waals surface area (Å²) >= 11 is 0. The van der Waals surface area contributed by atoms with Gasteiger partial charge in [-0.15, -0.1) is 0 Å². The number of rotatable bonds is 3. The Morgan fingerprint density at radius 2 is 2.18 bits per heavy atom. The molecule has 0 bridgehead atoms. The summed E-state index contributed by atoms with van der Waals surface area (Å²) in [6.07, 6.45) is 0.425. The quantitative estimate of drug-likeness (QED) is 0.885. The van der Waals surface area contributed by atoms with Gasteiger partial charge in [-0.3, -0.25) is 4.79 Å². The topological polar surface area (TPSA) is 63.3 Å². The Labute approximate surface area is 99.3 Å². The zero-order valence-electron chi connectivity index (χ0n) is 10.2. The second kappa shape index (κ2) is 3.87. The standard InChI is InChI=1S/C13H15NO3/c1-8-14-10-6-4-5-9(11(10)17-8)7-13(2,3)12(15)16/h4-6H,7H2,1-3H3,(H,15,16). The number of hydrogen-bond acceptors (Lipinski definition) is 3. The van der Waals surface area contributed by atoms with Crippen LogP contribution >= 0.6 is 0 Å². The summed E-state index contributed by atoms with van der Waals surface area (Å²) in [6.45, 7) is 5.20. The molecule has 0 saturated heterocycles. The van der Waals surface area contributed by atoms with E-state index in [-0.39, 0.29) is 0 Å². The first-order valence-corrected chi connectivity index (χ1v) is 5.48. The predicted molar refractivity (Wildman–Crippen MR) is 63.9 cm³/mol. The van der Waals surface area contributed by atoms with Gasteiger partial charge in [0.2, 0.25) is 0 Å². The van der Waals surface area contributed by atoms with Crippen LogP contribution in [0.25, 0.3) is 11.1 Å². The van der Waals surface area contributed by atoms with Crippen molar-refractivity contribution in [3.05, 3.63) is 29.7 Å². The molecule has 2 aromatic rings. The van der Waals surface area contributed by atoms with Crippen LogP contribution in [-0.2, 0) is 11.2 Å². The smallest absolute Gasteiger partial charge is 0.309 e. The number of oxazole rings is 1. The normalized spacial score (nSPS) is 11.9. The molecular formula is C13H15NO3. The highest BCUT2D eigenvalue weighted by atomic mass is 16.4. The molecule has 2 rings (SSSR count). The first-order chi connectivity index (χ1) is 7.90. The number of hydrogen-bond donors (Lipinski definition) is 1. The maximum atomic E-state index is 11.1. The van der Waals surface area contributed by atoms with E-state index in [1.54, 1.807) is 20.8 Å². The van der Waals surface area contributed by atoms with Crippen molar-refractivity contribution in [2.75, 3.05) is 0 Å². The number of benzene rings is 1. The number of para-hydroxylation sites is 1. The SMILES string of the molecule is Cc1nc2cccc(CC(C)(C)C(=O)O)c2o1. The van der Waals surface area contributed by atoms with Gasteiger partial charge in [-0.25, -0.2) is 4.98 Å². The molecule has 0 saturated carbocycles. The number of carbonyl (C=O) groups is 1. The summed E-state index contributed by atoms with van der Waals surface area (Å²) in [5, 5.41) is 9.13. The van der Waals surface area contributed by atoms with Gasteiger partial charge in [-0.05, 0) is 31.9 Å². The molecule has 0 unspecified atom stereocenters. The van der Waals surface area contributed by atoms with Crippen LogP contribution in [0.15, 0.2) is 22.6 Å². The van der Waals surface area contributed by atoms with Crippen molar-refractivity contribution < 1.29 is 14.3 Å². The maximum Gasteiger partial charge on any atom is 0.309 e. The van der Waals surface area contributed by atoms with Crippen LogP contribution in [-0.4, -0.2) is 16.1 Å². The molecule has 4 heteroatoms. The monoisotopic (exact) mass is 233 g/mol. The van der Waals surface area contributed by atoms with E-state index in [2.05, 4.69) is 4.98 Å². The van der Waals surface area contributed by atoms with Crippen LogP contribution in [0, 0.1) is 12.3 Å². The van der Waals surface area contributed by atoms with Crippen LogP contribution < -0.4 is 0 Å². The van der Waals surface area contributed by atoms with Crippen molar-refractivity contribution in [3.8, 4) is 0 Å². The van der Waals surface area contributed by atoms with Crippen molar-refractivity contribution in [1.82, 2.24) is 4.98 Å². The number of aryl methyl sites for hydroxylation is 1. The van der Waals surface area contributed by atoms with Crippen LogP contribution in [0.2, 0.25) is 0 Å². The number of aromatic nitrogens is 1. The van der Waals surface area contributed by atoms with Crippen LogP contribution in [0.4, 0.5) is 0 Å². The highest BCUT2D eigenvalue weighted by molar-refractivity contribution is 5.79. The lowest BCUT2D eigenvalue weighted by Crippen LogP contribution is -2.26. The van der Waals surface area contributed by atoms with E-state index in [1.165, 1.54) is 0 Å². The van der Waals surface area contributed by atoms with E-state index in [0.717, 1.165) is 11.1 Å². The molecule has 0 radical (unpaired) electrons. The van der Waals surface area contributed by atoms with Gasteiger partial charge in [-0.2, -0.15) is 0 Å². The van der Waals surface area contributed by atoms with Crippen LogP contribution in [0.5, 0.6) is 0 Å². The van der Waals surface area contributed by atoms with Gasteiger partial charge < -0.3 is 9.52 Å². The lowest BCUT2D eigenvalue weighted by Gasteiger charge is -2.18. The number of aliphatic carboxylic acids is 1. The first-order valence-electron chi connectivity index (χ1n) is 5.48. The molecular weight excluding hydrogens is 218 g/mol. The predicted octanol–water partition coefficient (Wildman–Crippen LogP) is 2.79. The largest absolute Gasteiger partial charge is 0.481 e. The average Bonchev–Trinajstić information content (AvgIpc) is 2.59. The molecule has 17 heavy (non-hydrogen) atoms. The molecule has 1 N–H and O–H groups in total. The summed E-state index contributed by atoms with van der Waals surface area (Å²) in [7, 11) is 0. The van der Waals surface area contributed by atoms with Gasteiger partial charge in [-0.1, -0.05) is 12.1 Å². The Hall–Kier alpha value is -1.84. The summed E-state index contributed by atoms with van der Waals surface area (Å²) in [5.74, 6) is -0.216. The van der Waals surface area contributed by atoms with E-state index in [4.69, 9.17) is 9.52 Å². The lowest BCUT2D eigenvalue weighted by molar-refractivity contribution is -0.146. The fraction of sp³-hybridized carbons (Fsp3) is 0.385. The Kier molecular flexibility index (Phi) is 2.65. The molecule has 0 fully saturated rings. The summed E-state index contributed by atoms with van der Waals surface area (Å²) in [4.78, 5) is 15.4. The van der Waals surface area contributed by atoms with E-state index >= 15 is 0 Å². The Morgan fingerprint density at radius 3 is 2.82 bits per heavy atom. The minimum absolute atomic E-state index is 0.425. The van der Waals surface area contributed by atoms with E-state index in [1.807, 2.05) is 18.2 Å². The van der Waals surface area contributed by atoms with E-state index in [0.29, 0.717) is 17.9 Å². The summed E-state index contributed by atoms with van der Waals surface area (Å²) in [5.41, 5.74) is 1.55. The maximum absolute atomic E-state index is 11.1.